The lowest BCUT2D eigenvalue weighted by atomic mass is 10.3. The fourth-order valence-electron chi connectivity index (χ4n) is 2.10. The van der Waals surface area contributed by atoms with E-state index in [1.54, 1.807) is 6.33 Å². The first-order valence-electron chi connectivity index (χ1n) is 6.58. The molecule has 0 radical (unpaired) electrons. The van der Waals surface area contributed by atoms with Crippen LogP contribution in [0.3, 0.4) is 0 Å². The third kappa shape index (κ3) is 2.45. The first kappa shape index (κ1) is 12.5. The van der Waals surface area contributed by atoms with Crippen molar-refractivity contribution < 1.29 is 9.47 Å². The van der Waals surface area contributed by atoms with Gasteiger partial charge in [0.05, 0.1) is 24.0 Å². The van der Waals surface area contributed by atoms with Crippen molar-refractivity contribution in [2.24, 2.45) is 7.05 Å². The van der Waals surface area contributed by atoms with E-state index in [2.05, 4.69) is 4.98 Å². The number of aromatic nitrogens is 2. The molecule has 0 saturated heterocycles. The zero-order valence-corrected chi connectivity index (χ0v) is 11.5. The Kier molecular flexibility index (Phi) is 3.29. The number of nitrogens with zero attached hydrogens (tertiary/aromatic N) is 2. The second-order valence-corrected chi connectivity index (χ2v) is 4.52. The molecule has 3 aromatic rings. The summed E-state index contributed by atoms with van der Waals surface area (Å²) in [7, 11) is 1.97. The van der Waals surface area contributed by atoms with E-state index in [0.29, 0.717) is 6.61 Å². The Morgan fingerprint density at radius 3 is 2.70 bits per heavy atom. The van der Waals surface area contributed by atoms with Crippen LogP contribution in [-0.2, 0) is 7.05 Å². The minimum atomic E-state index is 0.643. The van der Waals surface area contributed by atoms with E-state index in [1.165, 1.54) is 0 Å². The van der Waals surface area contributed by atoms with Crippen LogP contribution in [0.2, 0.25) is 0 Å². The van der Waals surface area contributed by atoms with Crippen molar-refractivity contribution in [1.82, 2.24) is 9.55 Å². The lowest BCUT2D eigenvalue weighted by molar-refractivity contribution is 0.338. The maximum absolute atomic E-state index is 5.88. The number of rotatable bonds is 4. The minimum Gasteiger partial charge on any atom is -0.494 e. The molecule has 0 aliphatic rings. The fourth-order valence-corrected chi connectivity index (χ4v) is 2.10. The van der Waals surface area contributed by atoms with Gasteiger partial charge < -0.3 is 14.0 Å². The molecule has 4 nitrogen and oxygen atoms in total. The smallest absolute Gasteiger partial charge is 0.131 e. The third-order valence-electron chi connectivity index (χ3n) is 3.05. The van der Waals surface area contributed by atoms with E-state index >= 15 is 0 Å². The van der Waals surface area contributed by atoms with Gasteiger partial charge in [-0.15, -0.1) is 0 Å². The van der Waals surface area contributed by atoms with Gasteiger partial charge in [-0.3, -0.25) is 0 Å². The normalized spacial score (nSPS) is 10.7. The molecule has 1 heterocycles. The Morgan fingerprint density at radius 1 is 1.05 bits per heavy atom. The van der Waals surface area contributed by atoms with Crippen molar-refractivity contribution in [3.05, 3.63) is 48.8 Å². The Hall–Kier alpha value is -2.49. The first-order valence-corrected chi connectivity index (χ1v) is 6.58. The molecule has 0 atom stereocenters. The lowest BCUT2D eigenvalue weighted by Crippen LogP contribution is -1.92. The van der Waals surface area contributed by atoms with E-state index in [0.717, 1.165) is 28.3 Å². The SMILES string of the molecule is CCOc1cccc(Oc2ccc3ncn(C)c3c2)c1. The highest BCUT2D eigenvalue weighted by Crippen LogP contribution is 2.27. The van der Waals surface area contributed by atoms with Gasteiger partial charge in [-0.2, -0.15) is 0 Å². The monoisotopic (exact) mass is 268 g/mol. The summed E-state index contributed by atoms with van der Waals surface area (Å²) in [6, 6.07) is 13.5. The zero-order valence-electron chi connectivity index (χ0n) is 11.5. The Labute approximate surface area is 117 Å². The van der Waals surface area contributed by atoms with Crippen LogP contribution in [0.1, 0.15) is 6.92 Å². The zero-order chi connectivity index (χ0) is 13.9. The minimum absolute atomic E-state index is 0.643. The lowest BCUT2D eigenvalue weighted by Gasteiger charge is -2.08. The van der Waals surface area contributed by atoms with Crippen molar-refractivity contribution in [2.75, 3.05) is 6.61 Å². The predicted octanol–water partition coefficient (Wildman–Crippen LogP) is 3.76. The van der Waals surface area contributed by atoms with Crippen LogP contribution < -0.4 is 9.47 Å². The van der Waals surface area contributed by atoms with Crippen LogP contribution in [0.25, 0.3) is 11.0 Å². The van der Waals surface area contributed by atoms with Crippen molar-refractivity contribution in [2.45, 2.75) is 6.92 Å². The summed E-state index contributed by atoms with van der Waals surface area (Å²) < 4.78 is 13.3. The third-order valence-corrected chi connectivity index (χ3v) is 3.05. The Balaban J connectivity index is 1.88. The van der Waals surface area contributed by atoms with Gasteiger partial charge in [0, 0.05) is 19.2 Å². The molecule has 0 saturated carbocycles. The number of imidazole rings is 1. The molecule has 1 aromatic heterocycles. The molecule has 20 heavy (non-hydrogen) atoms. The van der Waals surface area contributed by atoms with Crippen LogP contribution in [0, 0.1) is 0 Å². The highest BCUT2D eigenvalue weighted by Gasteiger charge is 2.04. The molecule has 0 N–H and O–H groups in total. The summed E-state index contributed by atoms with van der Waals surface area (Å²) in [6.45, 7) is 2.61. The molecular weight excluding hydrogens is 252 g/mol. The quantitative estimate of drug-likeness (QED) is 0.722. The largest absolute Gasteiger partial charge is 0.494 e. The van der Waals surface area contributed by atoms with Gasteiger partial charge in [0.15, 0.2) is 0 Å². The summed E-state index contributed by atoms with van der Waals surface area (Å²) in [4.78, 5) is 4.29. The first-order chi connectivity index (χ1) is 9.76. The van der Waals surface area contributed by atoms with Crippen molar-refractivity contribution in [3.63, 3.8) is 0 Å². The highest BCUT2D eigenvalue weighted by atomic mass is 16.5. The molecule has 102 valence electrons. The Bertz CT molecular complexity index is 734. The van der Waals surface area contributed by atoms with Crippen LogP contribution in [0.5, 0.6) is 17.2 Å². The molecule has 0 bridgehead atoms. The summed E-state index contributed by atoms with van der Waals surface area (Å²) in [6.07, 6.45) is 1.80. The van der Waals surface area contributed by atoms with Crippen LogP contribution in [0.15, 0.2) is 48.8 Å². The average molecular weight is 268 g/mol. The maximum atomic E-state index is 5.88. The average Bonchev–Trinajstić information content (AvgIpc) is 2.81. The molecule has 0 spiro atoms. The van der Waals surface area contributed by atoms with Gasteiger partial charge in [0.2, 0.25) is 0 Å². The Morgan fingerprint density at radius 2 is 1.85 bits per heavy atom. The molecule has 0 aliphatic carbocycles. The predicted molar refractivity (Wildman–Crippen MR) is 78.4 cm³/mol. The van der Waals surface area contributed by atoms with E-state index in [-0.39, 0.29) is 0 Å². The molecule has 0 amide bonds. The summed E-state index contributed by atoms with van der Waals surface area (Å²) in [5, 5.41) is 0. The van der Waals surface area contributed by atoms with E-state index < -0.39 is 0 Å². The maximum Gasteiger partial charge on any atom is 0.131 e. The topological polar surface area (TPSA) is 36.3 Å². The number of hydrogen-bond donors (Lipinski definition) is 0. The van der Waals surface area contributed by atoms with Crippen LogP contribution >= 0.6 is 0 Å². The molecule has 3 rings (SSSR count). The molecular formula is C16H16N2O2. The van der Waals surface area contributed by atoms with Gasteiger partial charge in [-0.25, -0.2) is 4.98 Å². The van der Waals surface area contributed by atoms with Gasteiger partial charge in [-0.05, 0) is 31.2 Å². The number of aryl methyl sites for hydroxylation is 1. The molecule has 0 unspecified atom stereocenters. The van der Waals surface area contributed by atoms with E-state index in [4.69, 9.17) is 9.47 Å². The van der Waals surface area contributed by atoms with Crippen LogP contribution in [0.4, 0.5) is 0 Å². The molecule has 4 heteroatoms. The van der Waals surface area contributed by atoms with Gasteiger partial charge >= 0.3 is 0 Å². The number of benzene rings is 2. The molecule has 2 aromatic carbocycles. The van der Waals surface area contributed by atoms with Gasteiger partial charge in [0.1, 0.15) is 17.2 Å². The number of fused-ring (bicyclic) bond motifs is 1. The highest BCUT2D eigenvalue weighted by molar-refractivity contribution is 5.77. The van der Waals surface area contributed by atoms with Gasteiger partial charge in [0.25, 0.3) is 0 Å². The van der Waals surface area contributed by atoms with Gasteiger partial charge in [-0.1, -0.05) is 6.07 Å². The standard InChI is InChI=1S/C16H16N2O2/c1-3-19-12-5-4-6-13(9-12)20-14-7-8-15-16(10-14)18(2)11-17-15/h4-11H,3H2,1-2H3. The van der Waals surface area contributed by atoms with Crippen LogP contribution in [-0.4, -0.2) is 16.2 Å². The molecule has 0 fully saturated rings. The molecule has 0 aliphatic heterocycles. The number of ether oxygens (including phenoxy) is 2. The van der Waals surface area contributed by atoms with E-state index in [1.807, 2.05) is 61.0 Å². The summed E-state index contributed by atoms with van der Waals surface area (Å²) in [5.74, 6) is 2.36. The fraction of sp³-hybridized carbons (Fsp3) is 0.188. The van der Waals surface area contributed by atoms with Crippen molar-refractivity contribution >= 4 is 11.0 Å². The summed E-state index contributed by atoms with van der Waals surface area (Å²) in [5.41, 5.74) is 2.01. The van der Waals surface area contributed by atoms with E-state index in [9.17, 15) is 0 Å². The number of hydrogen-bond acceptors (Lipinski definition) is 3. The van der Waals surface area contributed by atoms with Crippen molar-refractivity contribution in [3.8, 4) is 17.2 Å². The summed E-state index contributed by atoms with van der Waals surface area (Å²) >= 11 is 0. The van der Waals surface area contributed by atoms with Crippen molar-refractivity contribution in [1.29, 1.82) is 0 Å². The second-order valence-electron chi connectivity index (χ2n) is 4.52. The second kappa shape index (κ2) is 5.25.